The number of nitro benzene ring substituents is 1. The first kappa shape index (κ1) is 18.6. The van der Waals surface area contributed by atoms with E-state index >= 15 is 0 Å². The molecule has 9 nitrogen and oxygen atoms in total. The van der Waals surface area contributed by atoms with Crippen molar-refractivity contribution in [2.24, 2.45) is 0 Å². The molecule has 9 heteroatoms. The Hall–Kier alpha value is -3.72. The molecule has 0 spiro atoms. The SMILES string of the molecule is COC(=O)C1(O)C[C@H](c2ccc([N+](=O)[O-])cc2)c2c(c3ccccc3oc2=O)O1. The van der Waals surface area contributed by atoms with Crippen LogP contribution in [0.15, 0.2) is 57.7 Å². The monoisotopic (exact) mass is 397 g/mol. The van der Waals surface area contributed by atoms with Crippen LogP contribution < -0.4 is 10.4 Å². The maximum atomic E-state index is 12.7. The lowest BCUT2D eigenvalue weighted by molar-refractivity contribution is -0.384. The Balaban J connectivity index is 1.96. The number of hydrogen-bond donors (Lipinski definition) is 1. The molecule has 1 aliphatic heterocycles. The van der Waals surface area contributed by atoms with E-state index in [1.54, 1.807) is 24.3 Å². The van der Waals surface area contributed by atoms with E-state index in [1.807, 2.05) is 0 Å². The van der Waals surface area contributed by atoms with Crippen LogP contribution in [-0.4, -0.2) is 28.9 Å². The second-order valence-corrected chi connectivity index (χ2v) is 6.61. The molecule has 3 aromatic rings. The topological polar surface area (TPSA) is 129 Å². The number of rotatable bonds is 3. The van der Waals surface area contributed by atoms with Crippen molar-refractivity contribution in [1.29, 1.82) is 0 Å². The van der Waals surface area contributed by atoms with Gasteiger partial charge in [0.05, 0.1) is 23.0 Å². The van der Waals surface area contributed by atoms with Gasteiger partial charge in [-0.05, 0) is 17.7 Å². The number of hydrogen-bond acceptors (Lipinski definition) is 8. The Morgan fingerprint density at radius 2 is 1.93 bits per heavy atom. The lowest BCUT2D eigenvalue weighted by Gasteiger charge is -2.36. The fourth-order valence-corrected chi connectivity index (χ4v) is 3.53. The predicted molar refractivity (Wildman–Crippen MR) is 99.6 cm³/mol. The molecule has 2 aromatic carbocycles. The fraction of sp³-hybridized carbons (Fsp3) is 0.200. The first-order chi connectivity index (χ1) is 13.8. The van der Waals surface area contributed by atoms with E-state index in [1.165, 1.54) is 24.3 Å². The molecular weight excluding hydrogens is 382 g/mol. The Kier molecular flexibility index (Phi) is 4.31. The average Bonchev–Trinajstić information content (AvgIpc) is 2.72. The predicted octanol–water partition coefficient (Wildman–Crippen LogP) is 2.48. The van der Waals surface area contributed by atoms with Crippen LogP contribution in [0.25, 0.3) is 11.0 Å². The highest BCUT2D eigenvalue weighted by Gasteiger charge is 2.49. The molecule has 4 rings (SSSR count). The molecule has 0 aliphatic carbocycles. The number of nitrogens with zero attached hydrogens (tertiary/aromatic N) is 1. The Labute approximate surface area is 163 Å². The number of esters is 1. The normalized spacial score (nSPS) is 20.6. The molecular formula is C20H15NO8. The maximum absolute atomic E-state index is 12.7. The van der Waals surface area contributed by atoms with Crippen molar-refractivity contribution in [2.45, 2.75) is 18.1 Å². The van der Waals surface area contributed by atoms with Crippen molar-refractivity contribution in [1.82, 2.24) is 0 Å². The minimum atomic E-state index is -2.34. The second kappa shape index (κ2) is 6.71. The zero-order chi connectivity index (χ0) is 20.8. The van der Waals surface area contributed by atoms with Crippen molar-refractivity contribution >= 4 is 22.6 Å². The van der Waals surface area contributed by atoms with Crippen LogP contribution in [0.5, 0.6) is 5.75 Å². The molecule has 0 saturated carbocycles. The van der Waals surface area contributed by atoms with E-state index in [-0.39, 0.29) is 29.0 Å². The number of carbonyl (C=O) groups excluding carboxylic acids is 1. The molecule has 0 fully saturated rings. The summed E-state index contributed by atoms with van der Waals surface area (Å²) in [5.74, 6) is -4.17. The summed E-state index contributed by atoms with van der Waals surface area (Å²) < 4.78 is 15.7. The van der Waals surface area contributed by atoms with Gasteiger partial charge in [0.2, 0.25) is 0 Å². The molecule has 1 unspecified atom stereocenters. The summed E-state index contributed by atoms with van der Waals surface area (Å²) in [7, 11) is 1.11. The minimum Gasteiger partial charge on any atom is -0.464 e. The number of aliphatic hydroxyl groups is 1. The van der Waals surface area contributed by atoms with Crippen LogP contribution >= 0.6 is 0 Å². The molecule has 1 N–H and O–H groups in total. The maximum Gasteiger partial charge on any atom is 0.379 e. The number of methoxy groups -OCH3 is 1. The molecule has 2 atom stereocenters. The standard InChI is InChI=1S/C20H15NO8/c1-27-19(23)20(24)10-14(11-6-8-12(9-7-11)21(25)26)16-17(29-20)13-4-2-3-5-15(13)28-18(16)22/h2-9,14,24H,10H2,1H3/t14-,20?/m1/s1. The van der Waals surface area contributed by atoms with Crippen LogP contribution in [0.1, 0.15) is 23.5 Å². The number of para-hydroxylation sites is 1. The summed E-state index contributed by atoms with van der Waals surface area (Å²) in [5, 5.41) is 22.2. The summed E-state index contributed by atoms with van der Waals surface area (Å²) in [6.45, 7) is 0. The van der Waals surface area contributed by atoms with Gasteiger partial charge in [-0.25, -0.2) is 9.59 Å². The Bertz CT molecular complexity index is 1180. The van der Waals surface area contributed by atoms with Crippen molar-refractivity contribution in [3.8, 4) is 5.75 Å². The van der Waals surface area contributed by atoms with Crippen LogP contribution in [-0.2, 0) is 9.53 Å². The Morgan fingerprint density at radius 3 is 2.59 bits per heavy atom. The van der Waals surface area contributed by atoms with E-state index in [0.717, 1.165) is 7.11 Å². The van der Waals surface area contributed by atoms with Gasteiger partial charge in [0.1, 0.15) is 11.3 Å². The van der Waals surface area contributed by atoms with Crippen molar-refractivity contribution in [3.05, 3.63) is 80.2 Å². The third-order valence-electron chi connectivity index (χ3n) is 4.91. The number of carbonyl (C=O) groups is 1. The smallest absolute Gasteiger partial charge is 0.379 e. The van der Waals surface area contributed by atoms with Gasteiger partial charge in [0.25, 0.3) is 5.69 Å². The molecule has 0 amide bonds. The number of non-ortho nitro benzene ring substituents is 1. The molecule has 148 valence electrons. The third-order valence-corrected chi connectivity index (χ3v) is 4.91. The number of fused-ring (bicyclic) bond motifs is 3. The van der Waals surface area contributed by atoms with Crippen molar-refractivity contribution in [2.75, 3.05) is 7.11 Å². The molecule has 0 saturated heterocycles. The third kappa shape index (κ3) is 3.01. The largest absolute Gasteiger partial charge is 0.464 e. The zero-order valence-corrected chi connectivity index (χ0v) is 15.2. The van der Waals surface area contributed by atoms with Gasteiger partial charge in [-0.15, -0.1) is 0 Å². The van der Waals surface area contributed by atoms with Gasteiger partial charge in [-0.3, -0.25) is 10.1 Å². The van der Waals surface area contributed by atoms with E-state index < -0.39 is 28.2 Å². The van der Waals surface area contributed by atoms with Gasteiger partial charge in [-0.2, -0.15) is 0 Å². The molecule has 2 heterocycles. The van der Waals surface area contributed by atoms with Gasteiger partial charge >= 0.3 is 17.4 Å². The first-order valence-electron chi connectivity index (χ1n) is 8.64. The van der Waals surface area contributed by atoms with Crippen LogP contribution in [0.2, 0.25) is 0 Å². The van der Waals surface area contributed by atoms with Gasteiger partial charge in [0, 0.05) is 24.5 Å². The highest BCUT2D eigenvalue weighted by molar-refractivity contribution is 5.87. The summed E-state index contributed by atoms with van der Waals surface area (Å²) in [6, 6.07) is 12.0. The van der Waals surface area contributed by atoms with Gasteiger partial charge in [-0.1, -0.05) is 24.3 Å². The highest BCUT2D eigenvalue weighted by atomic mass is 16.7. The number of ether oxygens (including phenoxy) is 2. The molecule has 1 aliphatic rings. The minimum absolute atomic E-state index is 0.0133. The molecule has 0 radical (unpaired) electrons. The Morgan fingerprint density at radius 1 is 1.24 bits per heavy atom. The summed E-state index contributed by atoms with van der Waals surface area (Å²) in [6.07, 6.45) is -0.326. The van der Waals surface area contributed by atoms with E-state index in [4.69, 9.17) is 9.15 Å². The highest BCUT2D eigenvalue weighted by Crippen LogP contribution is 2.45. The molecule has 1 aromatic heterocycles. The van der Waals surface area contributed by atoms with Crippen molar-refractivity contribution < 1.29 is 28.7 Å². The molecule has 29 heavy (non-hydrogen) atoms. The van der Waals surface area contributed by atoms with Crippen LogP contribution in [0.3, 0.4) is 0 Å². The van der Waals surface area contributed by atoms with E-state index in [0.29, 0.717) is 10.9 Å². The van der Waals surface area contributed by atoms with E-state index in [9.17, 15) is 24.8 Å². The number of benzene rings is 2. The number of nitro groups is 1. The second-order valence-electron chi connectivity index (χ2n) is 6.61. The van der Waals surface area contributed by atoms with E-state index in [2.05, 4.69) is 4.74 Å². The lowest BCUT2D eigenvalue weighted by Crippen LogP contribution is -2.50. The molecule has 0 bridgehead atoms. The summed E-state index contributed by atoms with van der Waals surface area (Å²) >= 11 is 0. The fourth-order valence-electron chi connectivity index (χ4n) is 3.53. The summed E-state index contributed by atoms with van der Waals surface area (Å²) in [4.78, 5) is 35.4. The van der Waals surface area contributed by atoms with Crippen molar-refractivity contribution in [3.63, 3.8) is 0 Å². The first-order valence-corrected chi connectivity index (χ1v) is 8.64. The quantitative estimate of drug-likeness (QED) is 0.309. The lowest BCUT2D eigenvalue weighted by atomic mass is 9.83. The zero-order valence-electron chi connectivity index (χ0n) is 15.2. The average molecular weight is 397 g/mol. The summed E-state index contributed by atoms with van der Waals surface area (Å²) in [5.41, 5.74) is 0.00721. The van der Waals surface area contributed by atoms with Crippen LogP contribution in [0, 0.1) is 10.1 Å². The van der Waals surface area contributed by atoms with Gasteiger partial charge < -0.3 is 19.0 Å². The van der Waals surface area contributed by atoms with Crippen LogP contribution in [0.4, 0.5) is 5.69 Å². The van der Waals surface area contributed by atoms with Gasteiger partial charge in [0.15, 0.2) is 0 Å².